The summed E-state index contributed by atoms with van der Waals surface area (Å²) in [6.45, 7) is 9.73. The van der Waals surface area contributed by atoms with Crippen LogP contribution in [0.4, 0.5) is 0 Å². The number of rotatable bonds is 5. The van der Waals surface area contributed by atoms with E-state index in [1.54, 1.807) is 6.08 Å². The van der Waals surface area contributed by atoms with E-state index >= 15 is 0 Å². The Morgan fingerprint density at radius 3 is 2.50 bits per heavy atom. The lowest BCUT2D eigenvalue weighted by Crippen LogP contribution is -1.94. The molecule has 78 valence electrons. The van der Waals surface area contributed by atoms with E-state index in [4.69, 9.17) is 5.11 Å². The van der Waals surface area contributed by atoms with Gasteiger partial charge in [0.15, 0.2) is 0 Å². The molecule has 0 amide bonds. The van der Waals surface area contributed by atoms with Crippen molar-refractivity contribution in [2.24, 2.45) is 5.92 Å². The molecule has 2 heteroatoms. The average molecular weight is 194 g/mol. The lowest BCUT2D eigenvalue weighted by atomic mass is 10.0. The average Bonchev–Trinajstić information content (AvgIpc) is 2.02. The third kappa shape index (κ3) is 6.23. The molecule has 14 heavy (non-hydrogen) atoms. The van der Waals surface area contributed by atoms with Crippen LogP contribution >= 0.6 is 0 Å². The number of hydrogen-bond donors (Lipinski definition) is 1. The molecular formula is C12H18O2. The fraction of sp³-hybridized carbons (Fsp3) is 0.417. The van der Waals surface area contributed by atoms with Gasteiger partial charge in [-0.15, -0.1) is 0 Å². The standard InChI is InChI=1S/C12H18O2/c1-9(2)8-10(3)6-5-7-11(4)12(13)14/h5-7,9H,4,8H2,1-3H3,(H,13,14)/b7-5-,10-6+. The van der Waals surface area contributed by atoms with Crippen LogP contribution in [-0.2, 0) is 4.79 Å². The number of hydrogen-bond acceptors (Lipinski definition) is 1. The summed E-state index contributed by atoms with van der Waals surface area (Å²) in [7, 11) is 0. The lowest BCUT2D eigenvalue weighted by Gasteiger charge is -2.02. The first-order valence-electron chi connectivity index (χ1n) is 4.69. The third-order valence-corrected chi connectivity index (χ3v) is 1.68. The first-order chi connectivity index (χ1) is 6.43. The predicted molar refractivity (Wildman–Crippen MR) is 59.1 cm³/mol. The number of carboxylic acids is 1. The Morgan fingerprint density at radius 1 is 1.50 bits per heavy atom. The summed E-state index contributed by atoms with van der Waals surface area (Å²) >= 11 is 0. The summed E-state index contributed by atoms with van der Waals surface area (Å²) in [6.07, 6.45) is 6.19. The summed E-state index contributed by atoms with van der Waals surface area (Å²) in [5, 5.41) is 8.52. The molecule has 0 saturated heterocycles. The lowest BCUT2D eigenvalue weighted by molar-refractivity contribution is -0.132. The van der Waals surface area contributed by atoms with Gasteiger partial charge < -0.3 is 5.11 Å². The molecule has 0 heterocycles. The molecule has 2 nitrogen and oxygen atoms in total. The maximum absolute atomic E-state index is 10.4. The first-order valence-corrected chi connectivity index (χ1v) is 4.69. The van der Waals surface area contributed by atoms with Crippen molar-refractivity contribution in [3.05, 3.63) is 36.0 Å². The number of carboxylic acid groups (broad SMARTS) is 1. The van der Waals surface area contributed by atoms with Crippen LogP contribution in [0.3, 0.4) is 0 Å². The Balaban J connectivity index is 4.14. The van der Waals surface area contributed by atoms with E-state index in [-0.39, 0.29) is 5.57 Å². The van der Waals surface area contributed by atoms with Gasteiger partial charge in [-0.1, -0.05) is 38.2 Å². The maximum atomic E-state index is 10.4. The number of aliphatic carboxylic acids is 1. The van der Waals surface area contributed by atoms with Gasteiger partial charge >= 0.3 is 5.97 Å². The Kier molecular flexibility index (Phi) is 5.61. The Bertz CT molecular complexity index is 270. The molecule has 0 radical (unpaired) electrons. The summed E-state index contributed by atoms with van der Waals surface area (Å²) < 4.78 is 0. The van der Waals surface area contributed by atoms with Gasteiger partial charge in [0.25, 0.3) is 0 Å². The zero-order valence-electron chi connectivity index (χ0n) is 9.08. The van der Waals surface area contributed by atoms with Gasteiger partial charge in [-0.3, -0.25) is 0 Å². The topological polar surface area (TPSA) is 37.3 Å². The monoisotopic (exact) mass is 194 g/mol. The van der Waals surface area contributed by atoms with Crippen LogP contribution in [0, 0.1) is 5.92 Å². The minimum atomic E-state index is -0.976. The highest BCUT2D eigenvalue weighted by molar-refractivity contribution is 5.89. The second-order valence-electron chi connectivity index (χ2n) is 3.80. The van der Waals surface area contributed by atoms with Crippen molar-refractivity contribution in [2.75, 3.05) is 0 Å². The van der Waals surface area contributed by atoms with E-state index in [2.05, 4.69) is 20.4 Å². The molecule has 0 aromatic rings. The summed E-state index contributed by atoms with van der Waals surface area (Å²) in [6, 6.07) is 0. The van der Waals surface area contributed by atoms with Crippen molar-refractivity contribution in [1.82, 2.24) is 0 Å². The maximum Gasteiger partial charge on any atom is 0.335 e. The van der Waals surface area contributed by atoms with Crippen molar-refractivity contribution in [3.63, 3.8) is 0 Å². The molecule has 0 fully saturated rings. The van der Waals surface area contributed by atoms with E-state index in [0.717, 1.165) is 6.42 Å². The minimum Gasteiger partial charge on any atom is -0.478 e. The molecule has 0 aliphatic carbocycles. The van der Waals surface area contributed by atoms with Crippen LogP contribution in [0.15, 0.2) is 36.0 Å². The molecule has 0 atom stereocenters. The molecule has 0 bridgehead atoms. The molecule has 1 N–H and O–H groups in total. The highest BCUT2D eigenvalue weighted by atomic mass is 16.4. The van der Waals surface area contributed by atoms with Crippen molar-refractivity contribution in [1.29, 1.82) is 0 Å². The van der Waals surface area contributed by atoms with E-state index in [1.165, 1.54) is 11.6 Å². The van der Waals surface area contributed by atoms with Crippen molar-refractivity contribution < 1.29 is 9.90 Å². The Morgan fingerprint density at radius 2 is 2.07 bits per heavy atom. The van der Waals surface area contributed by atoms with Gasteiger partial charge in [-0.05, 0) is 25.3 Å². The summed E-state index contributed by atoms with van der Waals surface area (Å²) in [4.78, 5) is 10.4. The third-order valence-electron chi connectivity index (χ3n) is 1.68. The van der Waals surface area contributed by atoms with Crippen LogP contribution in [0.1, 0.15) is 27.2 Å². The van der Waals surface area contributed by atoms with Gasteiger partial charge in [0, 0.05) is 0 Å². The predicted octanol–water partition coefficient (Wildman–Crippen LogP) is 3.18. The zero-order valence-corrected chi connectivity index (χ0v) is 9.08. The minimum absolute atomic E-state index is 0.110. The molecule has 0 aliphatic rings. The zero-order chi connectivity index (χ0) is 11.1. The highest BCUT2D eigenvalue weighted by Crippen LogP contribution is 2.09. The molecule has 0 aromatic carbocycles. The second-order valence-corrected chi connectivity index (χ2v) is 3.80. The van der Waals surface area contributed by atoms with Gasteiger partial charge in [0.2, 0.25) is 0 Å². The van der Waals surface area contributed by atoms with Crippen molar-refractivity contribution in [2.45, 2.75) is 27.2 Å². The smallest absolute Gasteiger partial charge is 0.335 e. The molecular weight excluding hydrogens is 176 g/mol. The molecule has 0 unspecified atom stereocenters. The van der Waals surface area contributed by atoms with Gasteiger partial charge in [-0.25, -0.2) is 4.79 Å². The van der Waals surface area contributed by atoms with E-state index in [0.29, 0.717) is 5.92 Å². The fourth-order valence-corrected chi connectivity index (χ4v) is 1.11. The largest absolute Gasteiger partial charge is 0.478 e. The van der Waals surface area contributed by atoms with Gasteiger partial charge in [0.05, 0.1) is 5.57 Å². The Labute approximate surface area is 85.6 Å². The SMILES string of the molecule is C=C(/C=C\C=C(/C)CC(C)C)C(=O)O. The molecule has 0 aromatic heterocycles. The summed E-state index contributed by atoms with van der Waals surface area (Å²) in [5.74, 6) is -0.349. The highest BCUT2D eigenvalue weighted by Gasteiger charge is 1.97. The van der Waals surface area contributed by atoms with Crippen LogP contribution in [0.2, 0.25) is 0 Å². The van der Waals surface area contributed by atoms with Gasteiger partial charge in [-0.2, -0.15) is 0 Å². The second kappa shape index (κ2) is 6.19. The van der Waals surface area contributed by atoms with Crippen LogP contribution in [-0.4, -0.2) is 11.1 Å². The van der Waals surface area contributed by atoms with Crippen LogP contribution < -0.4 is 0 Å². The van der Waals surface area contributed by atoms with Crippen LogP contribution in [0.5, 0.6) is 0 Å². The van der Waals surface area contributed by atoms with E-state index < -0.39 is 5.97 Å². The molecule has 0 aliphatic heterocycles. The van der Waals surface area contributed by atoms with Gasteiger partial charge in [0.1, 0.15) is 0 Å². The Hall–Kier alpha value is -1.31. The number of carbonyl (C=O) groups is 1. The summed E-state index contributed by atoms with van der Waals surface area (Å²) in [5.41, 5.74) is 1.35. The normalized spacial score (nSPS) is 12.4. The van der Waals surface area contributed by atoms with E-state index in [9.17, 15) is 4.79 Å². The molecule has 0 spiro atoms. The van der Waals surface area contributed by atoms with Crippen molar-refractivity contribution >= 4 is 5.97 Å². The molecule has 0 saturated carbocycles. The molecule has 0 rings (SSSR count). The van der Waals surface area contributed by atoms with Crippen molar-refractivity contribution in [3.8, 4) is 0 Å². The number of allylic oxidation sites excluding steroid dienone is 3. The van der Waals surface area contributed by atoms with E-state index in [1.807, 2.05) is 13.0 Å². The van der Waals surface area contributed by atoms with Crippen LogP contribution in [0.25, 0.3) is 0 Å². The first kappa shape index (κ1) is 12.7. The quantitative estimate of drug-likeness (QED) is 0.539. The fourth-order valence-electron chi connectivity index (χ4n) is 1.11.